The minimum absolute atomic E-state index is 0.0568. The average Bonchev–Trinajstić information content (AvgIpc) is 2.63. The van der Waals surface area contributed by atoms with Crippen LogP contribution in [0.15, 0.2) is 40.9 Å². The summed E-state index contributed by atoms with van der Waals surface area (Å²) < 4.78 is 26.1. The van der Waals surface area contributed by atoms with E-state index in [4.69, 9.17) is 9.47 Å². The van der Waals surface area contributed by atoms with Crippen LogP contribution in [0.2, 0.25) is 0 Å². The van der Waals surface area contributed by atoms with Crippen LogP contribution in [0, 0.1) is 5.82 Å². The Morgan fingerprint density at radius 2 is 1.96 bits per heavy atom. The lowest BCUT2D eigenvalue weighted by molar-refractivity contribution is 0.238. The first-order valence-electron chi connectivity index (χ1n) is 8.74. The Hall–Kier alpha value is -1.63. The molecule has 0 saturated carbocycles. The highest BCUT2D eigenvalue weighted by molar-refractivity contribution is 9.10. The maximum atomic E-state index is 13.8. The third-order valence-electron chi connectivity index (χ3n) is 4.01. The van der Waals surface area contributed by atoms with Gasteiger partial charge in [0.25, 0.3) is 0 Å². The molecule has 26 heavy (non-hydrogen) atoms. The smallest absolute Gasteiger partial charge is 0.175 e. The van der Waals surface area contributed by atoms with Gasteiger partial charge in [-0.25, -0.2) is 4.39 Å². The highest BCUT2D eigenvalue weighted by atomic mass is 79.9. The molecule has 0 fully saturated rings. The van der Waals surface area contributed by atoms with Gasteiger partial charge in [0.1, 0.15) is 12.4 Å². The SMILES string of the molecule is CCOc1cc(CN[C@H](CC)CO)cc(Br)c1OCc1ccccc1F. The fraction of sp³-hybridized carbons (Fsp3) is 0.400. The minimum Gasteiger partial charge on any atom is -0.490 e. The van der Waals surface area contributed by atoms with Crippen molar-refractivity contribution in [2.45, 2.75) is 39.5 Å². The lowest BCUT2D eigenvalue weighted by Gasteiger charge is -2.18. The molecular weight excluding hydrogens is 401 g/mol. The van der Waals surface area contributed by atoms with Crippen LogP contribution in [0.25, 0.3) is 0 Å². The molecule has 2 aromatic carbocycles. The normalized spacial score (nSPS) is 12.0. The molecule has 2 rings (SSSR count). The molecule has 2 N–H and O–H groups in total. The van der Waals surface area contributed by atoms with Gasteiger partial charge in [-0.1, -0.05) is 25.1 Å². The van der Waals surface area contributed by atoms with E-state index in [0.717, 1.165) is 16.5 Å². The van der Waals surface area contributed by atoms with Gasteiger partial charge in [0.15, 0.2) is 11.5 Å². The summed E-state index contributed by atoms with van der Waals surface area (Å²) in [6.45, 7) is 5.23. The largest absolute Gasteiger partial charge is 0.490 e. The predicted molar refractivity (Wildman–Crippen MR) is 104 cm³/mol. The molecule has 0 aliphatic heterocycles. The number of hydrogen-bond acceptors (Lipinski definition) is 4. The third-order valence-corrected chi connectivity index (χ3v) is 4.60. The predicted octanol–water partition coefficient (Wildman–Crippen LogP) is 4.43. The summed E-state index contributed by atoms with van der Waals surface area (Å²) in [5.74, 6) is 0.858. The van der Waals surface area contributed by atoms with Crippen molar-refractivity contribution < 1.29 is 19.0 Å². The van der Waals surface area contributed by atoms with Crippen molar-refractivity contribution in [2.75, 3.05) is 13.2 Å². The molecule has 0 radical (unpaired) electrons. The molecular formula is C20H25BrFNO3. The second-order valence-electron chi connectivity index (χ2n) is 5.89. The molecule has 0 aliphatic rings. The fourth-order valence-electron chi connectivity index (χ4n) is 2.49. The molecule has 0 bridgehead atoms. The molecule has 6 heteroatoms. The van der Waals surface area contributed by atoms with Gasteiger partial charge in [0.05, 0.1) is 17.7 Å². The Morgan fingerprint density at radius 3 is 2.62 bits per heavy atom. The number of aliphatic hydroxyl groups excluding tert-OH is 1. The van der Waals surface area contributed by atoms with Crippen LogP contribution in [-0.2, 0) is 13.2 Å². The second kappa shape index (κ2) is 10.5. The first-order valence-corrected chi connectivity index (χ1v) is 9.53. The maximum Gasteiger partial charge on any atom is 0.175 e. The number of hydrogen-bond donors (Lipinski definition) is 2. The highest BCUT2D eigenvalue weighted by Crippen LogP contribution is 2.37. The van der Waals surface area contributed by atoms with Gasteiger partial charge in [-0.15, -0.1) is 0 Å². The van der Waals surface area contributed by atoms with Gasteiger partial charge < -0.3 is 19.9 Å². The third kappa shape index (κ3) is 5.69. The van der Waals surface area contributed by atoms with Gasteiger partial charge in [0.2, 0.25) is 0 Å². The second-order valence-corrected chi connectivity index (χ2v) is 6.74. The molecule has 1 atom stereocenters. The summed E-state index contributed by atoms with van der Waals surface area (Å²) in [4.78, 5) is 0. The van der Waals surface area contributed by atoms with Crippen LogP contribution in [0.3, 0.4) is 0 Å². The molecule has 0 saturated heterocycles. The zero-order valence-corrected chi connectivity index (χ0v) is 16.7. The Bertz CT molecular complexity index is 707. The number of halogens is 2. The van der Waals surface area contributed by atoms with Crippen LogP contribution < -0.4 is 14.8 Å². The lowest BCUT2D eigenvalue weighted by atomic mass is 10.1. The van der Waals surface area contributed by atoms with Gasteiger partial charge in [-0.2, -0.15) is 0 Å². The van der Waals surface area contributed by atoms with E-state index in [1.54, 1.807) is 18.2 Å². The van der Waals surface area contributed by atoms with Crippen molar-refractivity contribution in [2.24, 2.45) is 0 Å². The first kappa shape index (κ1) is 20.7. The molecule has 0 aliphatic carbocycles. The Labute approximate surface area is 162 Å². The Kier molecular flexibility index (Phi) is 8.35. The van der Waals surface area contributed by atoms with Crippen LogP contribution in [0.5, 0.6) is 11.5 Å². The van der Waals surface area contributed by atoms with Crippen molar-refractivity contribution >= 4 is 15.9 Å². The van der Waals surface area contributed by atoms with Crippen LogP contribution >= 0.6 is 15.9 Å². The zero-order chi connectivity index (χ0) is 18.9. The van der Waals surface area contributed by atoms with Gasteiger partial charge in [-0.05, 0) is 53.0 Å². The lowest BCUT2D eigenvalue weighted by Crippen LogP contribution is -2.31. The van der Waals surface area contributed by atoms with Gasteiger partial charge >= 0.3 is 0 Å². The number of nitrogens with one attached hydrogen (secondary N) is 1. The van der Waals surface area contributed by atoms with E-state index in [1.165, 1.54) is 6.07 Å². The van der Waals surface area contributed by atoms with E-state index in [2.05, 4.69) is 21.2 Å². The van der Waals surface area contributed by atoms with E-state index >= 15 is 0 Å². The average molecular weight is 426 g/mol. The molecule has 0 aromatic heterocycles. The Morgan fingerprint density at radius 1 is 1.19 bits per heavy atom. The number of aliphatic hydroxyl groups is 1. The first-order chi connectivity index (χ1) is 12.6. The molecule has 2 aromatic rings. The Balaban J connectivity index is 2.16. The zero-order valence-electron chi connectivity index (χ0n) is 15.1. The van der Waals surface area contributed by atoms with Gasteiger partial charge in [-0.3, -0.25) is 0 Å². The molecule has 4 nitrogen and oxygen atoms in total. The van der Waals surface area contributed by atoms with E-state index in [0.29, 0.717) is 30.2 Å². The minimum atomic E-state index is -0.294. The molecule has 0 unspecified atom stereocenters. The standard InChI is InChI=1S/C20H25BrFNO3/c1-3-16(12-24)23-11-14-9-17(21)20(19(10-14)25-4-2)26-13-15-7-5-6-8-18(15)22/h5-10,16,23-24H,3-4,11-13H2,1-2H3/t16-/m1/s1. The van der Waals surface area contributed by atoms with E-state index < -0.39 is 0 Å². The molecule has 142 valence electrons. The van der Waals surface area contributed by atoms with Crippen LogP contribution in [-0.4, -0.2) is 24.4 Å². The fourth-order valence-corrected chi connectivity index (χ4v) is 3.10. The number of rotatable bonds is 10. The molecule has 0 heterocycles. The van der Waals surface area contributed by atoms with Gasteiger partial charge in [0, 0.05) is 18.2 Å². The summed E-state index contributed by atoms with van der Waals surface area (Å²) in [7, 11) is 0. The van der Waals surface area contributed by atoms with Crippen molar-refractivity contribution in [3.8, 4) is 11.5 Å². The van der Waals surface area contributed by atoms with Crippen molar-refractivity contribution in [1.82, 2.24) is 5.32 Å². The summed E-state index contributed by atoms with van der Waals surface area (Å²) >= 11 is 3.53. The maximum absolute atomic E-state index is 13.8. The monoisotopic (exact) mass is 425 g/mol. The summed E-state index contributed by atoms with van der Waals surface area (Å²) in [5, 5.41) is 12.6. The number of ether oxygens (including phenoxy) is 2. The van der Waals surface area contributed by atoms with Crippen molar-refractivity contribution in [3.05, 3.63) is 57.8 Å². The van der Waals surface area contributed by atoms with E-state index in [9.17, 15) is 9.50 Å². The van der Waals surface area contributed by atoms with Crippen molar-refractivity contribution in [1.29, 1.82) is 0 Å². The van der Waals surface area contributed by atoms with Crippen LogP contribution in [0.4, 0.5) is 4.39 Å². The molecule has 0 amide bonds. The summed E-state index contributed by atoms with van der Waals surface area (Å²) in [5.41, 5.74) is 1.49. The molecule has 0 spiro atoms. The summed E-state index contributed by atoms with van der Waals surface area (Å²) in [6.07, 6.45) is 0.847. The number of benzene rings is 2. The van der Waals surface area contributed by atoms with Crippen LogP contribution in [0.1, 0.15) is 31.4 Å². The topological polar surface area (TPSA) is 50.7 Å². The quantitative estimate of drug-likeness (QED) is 0.591. The highest BCUT2D eigenvalue weighted by Gasteiger charge is 2.14. The summed E-state index contributed by atoms with van der Waals surface area (Å²) in [6, 6.07) is 10.4. The van der Waals surface area contributed by atoms with E-state index in [-0.39, 0.29) is 25.1 Å². The van der Waals surface area contributed by atoms with E-state index in [1.807, 2.05) is 26.0 Å². The van der Waals surface area contributed by atoms with Crippen molar-refractivity contribution in [3.63, 3.8) is 0 Å².